The highest BCUT2D eigenvalue weighted by atomic mass is 19.4. The van der Waals surface area contributed by atoms with Crippen LogP contribution in [0.25, 0.3) is 0 Å². The minimum absolute atomic E-state index is 0.365. The largest absolute Gasteiger partial charge is 0.419 e. The topological polar surface area (TPSA) is 72.2 Å². The van der Waals surface area contributed by atoms with Crippen molar-refractivity contribution in [2.24, 2.45) is 0 Å². The monoisotopic (exact) mass is 266 g/mol. The van der Waals surface area contributed by atoms with Gasteiger partial charge >= 0.3 is 6.18 Å². The van der Waals surface area contributed by atoms with E-state index in [1.54, 1.807) is 0 Å². The summed E-state index contributed by atoms with van der Waals surface area (Å²) in [4.78, 5) is 20.0. The molecule has 0 fully saturated rings. The lowest BCUT2D eigenvalue weighted by Gasteiger charge is -2.10. The Morgan fingerprint density at radius 3 is 2.50 bits per heavy atom. The van der Waals surface area contributed by atoms with E-state index in [0.717, 1.165) is 6.07 Å². The van der Waals surface area contributed by atoms with Crippen LogP contribution < -0.4 is 5.32 Å². The molecule has 18 heavy (non-hydrogen) atoms. The van der Waals surface area contributed by atoms with Gasteiger partial charge in [-0.05, 0) is 18.2 Å². The van der Waals surface area contributed by atoms with Gasteiger partial charge in [0.15, 0.2) is 0 Å². The molecule has 1 aromatic rings. The van der Waals surface area contributed by atoms with E-state index < -0.39 is 34.9 Å². The highest BCUT2D eigenvalue weighted by molar-refractivity contribution is 5.91. The maximum absolute atomic E-state index is 12.9. The first-order valence-electron chi connectivity index (χ1n) is 4.48. The van der Waals surface area contributed by atoms with E-state index in [9.17, 15) is 32.5 Å². The third-order valence-corrected chi connectivity index (χ3v) is 1.83. The molecule has 0 aliphatic carbocycles. The molecule has 0 heterocycles. The second-order valence-corrected chi connectivity index (χ2v) is 3.23. The first kappa shape index (κ1) is 13.9. The van der Waals surface area contributed by atoms with Crippen molar-refractivity contribution in [1.29, 1.82) is 0 Å². The zero-order valence-corrected chi connectivity index (χ0v) is 8.62. The molecule has 0 aliphatic rings. The van der Waals surface area contributed by atoms with Gasteiger partial charge in [0.05, 0.1) is 5.56 Å². The fourth-order valence-electron chi connectivity index (χ4n) is 1.14. The number of nitrogens with zero attached hydrogens (tertiary/aromatic N) is 1. The molecular weight excluding hydrogens is 260 g/mol. The summed E-state index contributed by atoms with van der Waals surface area (Å²) >= 11 is 0. The normalized spacial score (nSPS) is 11.1. The number of benzene rings is 1. The summed E-state index contributed by atoms with van der Waals surface area (Å²) < 4.78 is 49.8. The van der Waals surface area contributed by atoms with Crippen molar-refractivity contribution >= 4 is 11.6 Å². The van der Waals surface area contributed by atoms with Crippen LogP contribution in [0.3, 0.4) is 0 Å². The van der Waals surface area contributed by atoms with Crippen LogP contribution in [0, 0.1) is 15.9 Å². The van der Waals surface area contributed by atoms with Crippen LogP contribution in [0.5, 0.6) is 0 Å². The summed E-state index contributed by atoms with van der Waals surface area (Å²) in [7, 11) is 0. The van der Waals surface area contributed by atoms with E-state index >= 15 is 0 Å². The van der Waals surface area contributed by atoms with Crippen molar-refractivity contribution in [2.45, 2.75) is 6.18 Å². The molecule has 0 unspecified atom stereocenters. The van der Waals surface area contributed by atoms with Crippen molar-refractivity contribution in [1.82, 2.24) is 0 Å². The highest BCUT2D eigenvalue weighted by Crippen LogP contribution is 2.32. The number of hydrogen-bond acceptors (Lipinski definition) is 3. The van der Waals surface area contributed by atoms with Gasteiger partial charge in [-0.2, -0.15) is 13.2 Å². The molecular formula is C9H6F4N2O3. The number of nitro groups is 1. The summed E-state index contributed by atoms with van der Waals surface area (Å²) in [6.45, 7) is -1.08. The SMILES string of the molecule is O=C(C[N+](=O)[O-])Nc1ccc(F)c(C(F)(F)F)c1. The fraction of sp³-hybridized carbons (Fsp3) is 0.222. The van der Waals surface area contributed by atoms with Gasteiger partial charge in [0.25, 0.3) is 12.5 Å². The Bertz CT molecular complexity index is 487. The molecule has 9 heteroatoms. The number of rotatable bonds is 3. The van der Waals surface area contributed by atoms with E-state index in [1.807, 2.05) is 5.32 Å². The zero-order valence-electron chi connectivity index (χ0n) is 8.62. The van der Waals surface area contributed by atoms with Crippen molar-refractivity contribution in [2.75, 3.05) is 11.9 Å². The summed E-state index contributed by atoms with van der Waals surface area (Å²) in [6, 6.07) is 1.76. The van der Waals surface area contributed by atoms with Crippen LogP contribution in [0.4, 0.5) is 23.2 Å². The van der Waals surface area contributed by atoms with Crippen molar-refractivity contribution < 1.29 is 27.3 Å². The first-order chi connectivity index (χ1) is 8.20. The number of carbonyl (C=O) groups is 1. The molecule has 0 saturated carbocycles. The summed E-state index contributed by atoms with van der Waals surface area (Å²) in [5, 5.41) is 11.9. The number of alkyl halides is 3. The predicted octanol–water partition coefficient (Wildman–Crippen LogP) is 2.06. The Kier molecular flexibility index (Phi) is 3.84. The Hall–Kier alpha value is -2.19. The maximum atomic E-state index is 12.9. The third-order valence-electron chi connectivity index (χ3n) is 1.83. The van der Waals surface area contributed by atoms with Crippen molar-refractivity contribution in [3.05, 3.63) is 39.7 Å². The molecule has 0 radical (unpaired) electrons. The second kappa shape index (κ2) is 4.98. The third kappa shape index (κ3) is 3.68. The summed E-state index contributed by atoms with van der Waals surface area (Å²) in [6.07, 6.45) is -4.91. The van der Waals surface area contributed by atoms with Gasteiger partial charge in [0.1, 0.15) is 5.82 Å². The molecule has 1 amide bonds. The second-order valence-electron chi connectivity index (χ2n) is 3.23. The number of amides is 1. The Balaban J connectivity index is 2.92. The molecule has 1 aromatic carbocycles. The van der Waals surface area contributed by atoms with Gasteiger partial charge in [-0.25, -0.2) is 4.39 Å². The van der Waals surface area contributed by atoms with Gasteiger partial charge in [-0.1, -0.05) is 0 Å². The van der Waals surface area contributed by atoms with E-state index in [1.165, 1.54) is 0 Å². The predicted molar refractivity (Wildman–Crippen MR) is 51.9 cm³/mol. The summed E-state index contributed by atoms with van der Waals surface area (Å²) in [5.74, 6) is -2.59. The molecule has 0 spiro atoms. The molecule has 1 N–H and O–H groups in total. The Morgan fingerprint density at radius 2 is 2.00 bits per heavy atom. The lowest BCUT2D eigenvalue weighted by Crippen LogP contribution is -2.22. The molecule has 0 atom stereocenters. The fourth-order valence-corrected chi connectivity index (χ4v) is 1.14. The van der Waals surface area contributed by atoms with E-state index in [4.69, 9.17) is 0 Å². The van der Waals surface area contributed by atoms with Crippen LogP contribution in [0.15, 0.2) is 18.2 Å². The van der Waals surface area contributed by atoms with Gasteiger partial charge in [0, 0.05) is 10.6 Å². The maximum Gasteiger partial charge on any atom is 0.419 e. The molecule has 1 rings (SSSR count). The number of halogens is 4. The number of anilines is 1. The zero-order chi connectivity index (χ0) is 13.9. The average Bonchev–Trinajstić information content (AvgIpc) is 2.17. The minimum Gasteiger partial charge on any atom is -0.320 e. The minimum atomic E-state index is -4.91. The van der Waals surface area contributed by atoms with E-state index in [2.05, 4.69) is 0 Å². The number of carbonyl (C=O) groups excluding carboxylic acids is 1. The van der Waals surface area contributed by atoms with Crippen LogP contribution in [0.1, 0.15) is 5.56 Å². The molecule has 0 aromatic heterocycles. The average molecular weight is 266 g/mol. The quantitative estimate of drug-likeness (QED) is 0.517. The van der Waals surface area contributed by atoms with Gasteiger partial charge in [-0.15, -0.1) is 0 Å². The molecule has 98 valence electrons. The molecule has 0 bridgehead atoms. The molecule has 0 saturated heterocycles. The number of hydrogen-bond donors (Lipinski definition) is 1. The van der Waals surface area contributed by atoms with Crippen LogP contribution in [-0.2, 0) is 11.0 Å². The first-order valence-corrected chi connectivity index (χ1v) is 4.48. The van der Waals surface area contributed by atoms with Gasteiger partial charge < -0.3 is 5.32 Å². The Morgan fingerprint density at radius 1 is 1.39 bits per heavy atom. The van der Waals surface area contributed by atoms with Crippen molar-refractivity contribution in [3.8, 4) is 0 Å². The smallest absolute Gasteiger partial charge is 0.320 e. The lowest BCUT2D eigenvalue weighted by atomic mass is 10.2. The highest BCUT2D eigenvalue weighted by Gasteiger charge is 2.34. The molecule has 5 nitrogen and oxygen atoms in total. The number of nitrogens with one attached hydrogen (secondary N) is 1. The summed E-state index contributed by atoms with van der Waals surface area (Å²) in [5.41, 5.74) is -1.92. The van der Waals surface area contributed by atoms with Crippen LogP contribution >= 0.6 is 0 Å². The Labute approximate surface area is 97.6 Å². The van der Waals surface area contributed by atoms with Gasteiger partial charge in [0.2, 0.25) is 0 Å². The van der Waals surface area contributed by atoms with Gasteiger partial charge in [-0.3, -0.25) is 14.9 Å². The lowest BCUT2D eigenvalue weighted by molar-refractivity contribution is -0.467. The van der Waals surface area contributed by atoms with E-state index in [0.29, 0.717) is 12.1 Å². The van der Waals surface area contributed by atoms with E-state index in [-0.39, 0.29) is 5.69 Å². The van der Waals surface area contributed by atoms with Crippen molar-refractivity contribution in [3.63, 3.8) is 0 Å². The standard InChI is InChI=1S/C9H6F4N2O3/c10-7-2-1-5(3-6(7)9(11,12)13)14-8(16)4-15(17)18/h1-3H,4H2,(H,14,16). The molecule has 0 aliphatic heterocycles. The van der Waals surface area contributed by atoms with Crippen LogP contribution in [-0.4, -0.2) is 17.4 Å². The van der Waals surface area contributed by atoms with Crippen LogP contribution in [0.2, 0.25) is 0 Å².